The summed E-state index contributed by atoms with van der Waals surface area (Å²) in [5, 5.41) is 2.13. The molecule has 2 fully saturated rings. The van der Waals surface area contributed by atoms with Gasteiger partial charge in [0.25, 0.3) is 0 Å². The Kier molecular flexibility index (Phi) is 24.3. The van der Waals surface area contributed by atoms with E-state index in [0.29, 0.717) is 44.1 Å². The number of rotatable bonds is 4. The summed E-state index contributed by atoms with van der Waals surface area (Å²) < 4.78 is 73.8. The zero-order chi connectivity index (χ0) is 41.1. The Morgan fingerprint density at radius 3 is 1.43 bits per heavy atom. The van der Waals surface area contributed by atoms with E-state index in [1.807, 2.05) is 9.80 Å². The normalized spacial score (nSPS) is 14.6. The molecule has 2 saturated heterocycles. The highest BCUT2D eigenvalue weighted by Gasteiger charge is 2.35. The van der Waals surface area contributed by atoms with Crippen molar-refractivity contribution in [1.82, 2.24) is 30.0 Å². The lowest BCUT2D eigenvalue weighted by molar-refractivity contribution is -0.138. The highest BCUT2D eigenvalue weighted by molar-refractivity contribution is 6.40. The quantitative estimate of drug-likeness (QED) is 0.187. The number of halogens is 11. The lowest BCUT2D eigenvalue weighted by Crippen LogP contribution is -2.48. The number of amides is 2. The molecule has 304 valence electrons. The number of nitrogens with zero attached hydrogens (tertiary/aromatic N) is 6. The van der Waals surface area contributed by atoms with Gasteiger partial charge in [0.1, 0.15) is 21.3 Å². The number of pyridine rings is 2. The van der Waals surface area contributed by atoms with Crippen molar-refractivity contribution in [2.75, 3.05) is 69.1 Å². The second-order valence-electron chi connectivity index (χ2n) is 11.8. The average molecular weight is 866 g/mol. The van der Waals surface area contributed by atoms with Crippen LogP contribution in [0.25, 0.3) is 0 Å². The van der Waals surface area contributed by atoms with Gasteiger partial charge in [-0.25, -0.2) is 9.97 Å². The number of alkyl halides is 8. The highest BCUT2D eigenvalue weighted by Crippen LogP contribution is 2.35. The van der Waals surface area contributed by atoms with Crippen LogP contribution in [0.4, 0.5) is 32.2 Å². The van der Waals surface area contributed by atoms with Crippen LogP contribution in [0.15, 0.2) is 24.3 Å². The molecular formula is C33H48Cl5F6N7O2. The molecule has 20 heteroatoms. The number of hydrogen-bond acceptors (Lipinski definition) is 7. The average Bonchev–Trinajstić information content (AvgIpc) is 3.05. The van der Waals surface area contributed by atoms with E-state index < -0.39 is 33.8 Å². The number of aromatic nitrogens is 2. The van der Waals surface area contributed by atoms with Gasteiger partial charge < -0.3 is 20.0 Å². The number of piperazine rings is 2. The second kappa shape index (κ2) is 25.2. The zero-order valence-electron chi connectivity index (χ0n) is 30.7. The first-order valence-corrected chi connectivity index (χ1v) is 18.7. The van der Waals surface area contributed by atoms with Gasteiger partial charge >= 0.3 is 12.4 Å². The van der Waals surface area contributed by atoms with E-state index in [1.165, 1.54) is 13.0 Å². The molecule has 4 rings (SSSR count). The Morgan fingerprint density at radius 2 is 1.13 bits per heavy atom. The summed E-state index contributed by atoms with van der Waals surface area (Å²) in [6, 6.07) is 5.44. The van der Waals surface area contributed by atoms with Gasteiger partial charge in [-0.05, 0) is 58.5 Å². The Labute approximate surface area is 333 Å². The van der Waals surface area contributed by atoms with Crippen molar-refractivity contribution < 1.29 is 35.9 Å². The van der Waals surface area contributed by atoms with Gasteiger partial charge in [0.05, 0.1) is 16.5 Å². The van der Waals surface area contributed by atoms with Crippen LogP contribution >= 0.6 is 58.0 Å². The Bertz CT molecular complexity index is 1370. The number of carbonyl (C=O) groups is 2. The molecule has 2 aliphatic rings. The third-order valence-corrected chi connectivity index (χ3v) is 8.35. The predicted molar refractivity (Wildman–Crippen MR) is 202 cm³/mol. The van der Waals surface area contributed by atoms with Gasteiger partial charge in [-0.2, -0.15) is 26.3 Å². The topological polar surface area (TPSA) is 84.9 Å². The molecule has 2 aromatic heterocycles. The van der Waals surface area contributed by atoms with E-state index in [-0.39, 0.29) is 22.3 Å². The summed E-state index contributed by atoms with van der Waals surface area (Å²) in [6.07, 6.45) is -8.98. The molecule has 0 aromatic carbocycles. The van der Waals surface area contributed by atoms with Crippen molar-refractivity contribution >= 4 is 75.6 Å². The van der Waals surface area contributed by atoms with Crippen molar-refractivity contribution in [1.29, 1.82) is 0 Å². The Morgan fingerprint density at radius 1 is 0.736 bits per heavy atom. The van der Waals surface area contributed by atoms with E-state index in [0.717, 1.165) is 50.9 Å². The van der Waals surface area contributed by atoms with Gasteiger partial charge in [-0.3, -0.25) is 14.5 Å². The maximum atomic E-state index is 12.6. The van der Waals surface area contributed by atoms with E-state index in [9.17, 15) is 35.9 Å². The number of anilines is 1. The minimum atomic E-state index is -4.50. The molecule has 0 radical (unpaired) electrons. The highest BCUT2D eigenvalue weighted by atomic mass is 35.5. The maximum absolute atomic E-state index is 12.6. The first-order chi connectivity index (χ1) is 24.5. The van der Waals surface area contributed by atoms with Crippen LogP contribution in [0.5, 0.6) is 0 Å². The summed E-state index contributed by atoms with van der Waals surface area (Å²) >= 11 is 25.6. The summed E-state index contributed by atoms with van der Waals surface area (Å²) in [7, 11) is 0. The molecule has 1 N–H and O–H groups in total. The molecule has 2 aliphatic heterocycles. The molecule has 2 aromatic rings. The Balaban J connectivity index is 0.000000705. The van der Waals surface area contributed by atoms with Crippen molar-refractivity contribution in [3.63, 3.8) is 0 Å². The van der Waals surface area contributed by atoms with E-state index >= 15 is 0 Å². The number of carbonyl (C=O) groups excluding carboxylic acids is 2. The minimum Gasteiger partial charge on any atom is -0.353 e. The predicted octanol–water partition coefficient (Wildman–Crippen LogP) is 8.81. The molecule has 2 amide bonds. The second-order valence-corrected chi connectivity index (χ2v) is 13.8. The Hall–Kier alpha value is -2.01. The molecular weight excluding hydrogens is 818 g/mol. The summed E-state index contributed by atoms with van der Waals surface area (Å²) in [5.41, 5.74) is -1.92. The van der Waals surface area contributed by atoms with Crippen LogP contribution in [-0.2, 0) is 21.9 Å². The van der Waals surface area contributed by atoms with Crippen LogP contribution < -0.4 is 10.2 Å². The first kappa shape index (κ1) is 51.0. The van der Waals surface area contributed by atoms with Gasteiger partial charge in [0.2, 0.25) is 11.8 Å². The maximum Gasteiger partial charge on any atom is 0.419 e. The third kappa shape index (κ3) is 19.9. The van der Waals surface area contributed by atoms with Crippen molar-refractivity contribution in [3.05, 3.63) is 50.9 Å². The first-order valence-electron chi connectivity index (χ1n) is 16.5. The lowest BCUT2D eigenvalue weighted by atomic mass is 10.2. The molecule has 0 spiro atoms. The van der Waals surface area contributed by atoms with Crippen LogP contribution in [0.3, 0.4) is 0 Å². The number of hydrogen-bond donors (Lipinski definition) is 1. The van der Waals surface area contributed by atoms with E-state index in [2.05, 4.69) is 54.8 Å². The minimum absolute atomic E-state index is 0.0111. The van der Waals surface area contributed by atoms with Crippen molar-refractivity contribution in [2.24, 2.45) is 0 Å². The summed E-state index contributed by atoms with van der Waals surface area (Å²) in [5.74, 6) is 0.575. The summed E-state index contributed by atoms with van der Waals surface area (Å²) in [4.78, 5) is 36.8. The van der Waals surface area contributed by atoms with Crippen LogP contribution in [-0.4, -0.2) is 113 Å². The fourth-order valence-electron chi connectivity index (χ4n) is 4.99. The molecule has 9 nitrogen and oxygen atoms in total. The summed E-state index contributed by atoms with van der Waals surface area (Å²) in [6.45, 7) is 21.2. The van der Waals surface area contributed by atoms with Crippen LogP contribution in [0.1, 0.15) is 59.6 Å². The third-order valence-electron chi connectivity index (χ3n) is 7.56. The van der Waals surface area contributed by atoms with Crippen molar-refractivity contribution in [3.8, 4) is 0 Å². The standard InChI is InChI=1S/C12H13ClF3N3O.C8H19N.C6H2Cl2F3N.C6H12N2O.CH2Cl2/c1-8(20)18-4-6-19(7-5-18)10-3-2-9(11(13)17-10)12(14,15)16;1-6-9(7(2)3)8(4)5;7-4-2-1-3(5(8)12-4)6(9,10)11;1-6(9)8-4-2-7-3-5-8;2-1-3/h2-3H,4-7H2,1H3;7-8H,6H2,1-5H3;1-2H;7H,2-5H2,1H3;1H2. The van der Waals surface area contributed by atoms with Crippen LogP contribution in [0, 0.1) is 0 Å². The molecule has 0 atom stereocenters. The largest absolute Gasteiger partial charge is 0.419 e. The molecule has 0 bridgehead atoms. The fourth-order valence-corrected chi connectivity index (χ4v) is 5.70. The molecule has 0 saturated carbocycles. The molecule has 0 unspecified atom stereocenters. The van der Waals surface area contributed by atoms with Gasteiger partial charge in [0, 0.05) is 78.3 Å². The van der Waals surface area contributed by atoms with Gasteiger partial charge in [0.15, 0.2) is 0 Å². The SMILES string of the molecule is CC(=O)N1CCN(c2ccc(C(F)(F)F)c(Cl)n2)CC1.CC(=O)N1CCNCC1.CCN(C(C)C)C(C)C.ClCCl.FC(F)(F)c1ccc(Cl)nc1Cl. The molecule has 53 heavy (non-hydrogen) atoms. The molecule has 4 heterocycles. The number of nitrogens with one attached hydrogen (secondary N) is 1. The fraction of sp³-hybridized carbons (Fsp3) is 0.636. The smallest absolute Gasteiger partial charge is 0.353 e. The van der Waals surface area contributed by atoms with E-state index in [1.54, 1.807) is 11.8 Å². The zero-order valence-corrected chi connectivity index (χ0v) is 34.5. The molecule has 0 aliphatic carbocycles. The van der Waals surface area contributed by atoms with Gasteiger partial charge in [-0.1, -0.05) is 41.7 Å². The van der Waals surface area contributed by atoms with E-state index in [4.69, 9.17) is 58.0 Å². The lowest BCUT2D eigenvalue weighted by Gasteiger charge is -2.35. The van der Waals surface area contributed by atoms with Crippen LogP contribution in [0.2, 0.25) is 15.5 Å². The van der Waals surface area contributed by atoms with Crippen molar-refractivity contribution in [2.45, 2.75) is 72.9 Å². The monoisotopic (exact) mass is 863 g/mol. The van der Waals surface area contributed by atoms with Gasteiger partial charge in [-0.15, -0.1) is 23.2 Å².